The van der Waals surface area contributed by atoms with Crippen LogP contribution >= 0.6 is 11.3 Å². The topological polar surface area (TPSA) is 112 Å². The Bertz CT molecular complexity index is 1610. The first-order valence-corrected chi connectivity index (χ1v) is 15.3. The molecule has 0 aliphatic carbocycles. The summed E-state index contributed by atoms with van der Waals surface area (Å²) in [6.45, 7) is 3.04. The highest BCUT2D eigenvalue weighted by molar-refractivity contribution is 7.90. The maximum Gasteiger partial charge on any atom is 0.229 e. The van der Waals surface area contributed by atoms with Crippen LogP contribution in [0, 0.1) is 12.7 Å². The molecule has 0 radical (unpaired) electrons. The molecule has 9 nitrogen and oxygen atoms in total. The zero-order valence-corrected chi connectivity index (χ0v) is 23.5. The van der Waals surface area contributed by atoms with Crippen molar-refractivity contribution < 1.29 is 27.1 Å². The summed E-state index contributed by atoms with van der Waals surface area (Å²) < 4.78 is 49.7. The first-order valence-electron chi connectivity index (χ1n) is 12.6. The van der Waals surface area contributed by atoms with Crippen LogP contribution in [0.4, 0.5) is 4.39 Å². The molecule has 0 N–H and O–H groups in total. The van der Waals surface area contributed by atoms with Gasteiger partial charge < -0.3 is 14.3 Å². The fraction of sp³-hybridized carbons (Fsp3) is 0.286. The number of pyridine rings is 1. The summed E-state index contributed by atoms with van der Waals surface area (Å²) in [5, 5.41) is 0. The van der Waals surface area contributed by atoms with Gasteiger partial charge in [0.1, 0.15) is 24.8 Å². The first kappa shape index (κ1) is 27.8. The zero-order valence-electron chi connectivity index (χ0n) is 21.9. The second-order valence-corrected chi connectivity index (χ2v) is 12.6. The molecule has 1 aliphatic rings. The molecule has 0 spiro atoms. The molecule has 5 rings (SSSR count). The smallest absolute Gasteiger partial charge is 0.229 e. The molecular weight excluding hydrogens is 555 g/mol. The van der Waals surface area contributed by atoms with E-state index in [0.29, 0.717) is 37.4 Å². The lowest BCUT2D eigenvalue weighted by atomic mass is 10.0. The Balaban J connectivity index is 1.22. The Kier molecular flexibility index (Phi) is 8.19. The number of hydrogen-bond acceptors (Lipinski definition) is 10. The molecule has 40 heavy (non-hydrogen) atoms. The van der Waals surface area contributed by atoms with Crippen molar-refractivity contribution in [1.82, 2.24) is 19.9 Å². The van der Waals surface area contributed by atoms with Gasteiger partial charge in [-0.15, -0.1) is 11.3 Å². The maximum atomic E-state index is 14.5. The van der Waals surface area contributed by atoms with Gasteiger partial charge in [0.05, 0.1) is 21.0 Å². The van der Waals surface area contributed by atoms with Gasteiger partial charge in [0.25, 0.3) is 0 Å². The van der Waals surface area contributed by atoms with Gasteiger partial charge in [-0.2, -0.15) is 0 Å². The summed E-state index contributed by atoms with van der Waals surface area (Å²) in [7, 11) is -3.55. The second-order valence-electron chi connectivity index (χ2n) is 9.43. The fourth-order valence-electron chi connectivity index (χ4n) is 4.46. The van der Waals surface area contributed by atoms with E-state index < -0.39 is 15.7 Å². The van der Waals surface area contributed by atoms with Crippen LogP contribution in [0.15, 0.2) is 66.0 Å². The van der Waals surface area contributed by atoms with Crippen molar-refractivity contribution in [2.24, 2.45) is 0 Å². The number of halogens is 1. The van der Waals surface area contributed by atoms with Crippen LogP contribution < -0.4 is 9.47 Å². The van der Waals surface area contributed by atoms with Gasteiger partial charge in [0.2, 0.25) is 11.8 Å². The average Bonchev–Trinajstić information content (AvgIpc) is 3.43. The molecule has 1 aliphatic heterocycles. The normalized spacial score (nSPS) is 15.5. The summed E-state index contributed by atoms with van der Waals surface area (Å²) in [6.07, 6.45) is 6.24. The van der Waals surface area contributed by atoms with Crippen molar-refractivity contribution in [1.29, 1.82) is 0 Å². The molecular formula is C28H27FN4O5S2. The van der Waals surface area contributed by atoms with Crippen molar-refractivity contribution in [3.05, 3.63) is 77.3 Å². The quantitative estimate of drug-likeness (QED) is 0.251. The van der Waals surface area contributed by atoms with Crippen molar-refractivity contribution in [3.63, 3.8) is 0 Å². The molecule has 4 heterocycles. The van der Waals surface area contributed by atoms with Crippen LogP contribution in [0.5, 0.6) is 17.5 Å². The third kappa shape index (κ3) is 6.19. The Labute approximate surface area is 235 Å². The number of carbonyl (C=O) groups is 1. The molecule has 1 atom stereocenters. The van der Waals surface area contributed by atoms with Crippen LogP contribution in [0.3, 0.4) is 0 Å². The van der Waals surface area contributed by atoms with Crippen molar-refractivity contribution >= 4 is 27.5 Å². The maximum absolute atomic E-state index is 14.5. The van der Waals surface area contributed by atoms with Crippen LogP contribution in [-0.4, -0.2) is 60.0 Å². The van der Waals surface area contributed by atoms with Gasteiger partial charge in [0.15, 0.2) is 21.4 Å². The number of hydrogen-bond donors (Lipinski definition) is 0. The fourth-order valence-corrected chi connectivity index (χ4v) is 6.17. The summed E-state index contributed by atoms with van der Waals surface area (Å²) in [4.78, 5) is 28.8. The van der Waals surface area contributed by atoms with Crippen molar-refractivity contribution in [3.8, 4) is 28.1 Å². The van der Waals surface area contributed by atoms with Gasteiger partial charge >= 0.3 is 0 Å². The van der Waals surface area contributed by atoms with E-state index in [4.69, 9.17) is 9.47 Å². The number of rotatable bonds is 9. The average molecular weight is 583 g/mol. The predicted octanol–water partition coefficient (Wildman–Crippen LogP) is 5.03. The molecule has 0 saturated carbocycles. The van der Waals surface area contributed by atoms with Gasteiger partial charge in [-0.05, 0) is 62.2 Å². The summed E-state index contributed by atoms with van der Waals surface area (Å²) in [6, 6.07) is 12.8. The monoisotopic (exact) mass is 582 g/mol. The Morgan fingerprint density at radius 2 is 1.85 bits per heavy atom. The minimum atomic E-state index is -3.55. The van der Waals surface area contributed by atoms with E-state index in [0.717, 1.165) is 34.1 Å². The highest BCUT2D eigenvalue weighted by Crippen LogP contribution is 2.35. The third-order valence-corrected chi connectivity index (χ3v) is 8.93. The van der Waals surface area contributed by atoms with Crippen molar-refractivity contribution in [2.75, 3.05) is 19.3 Å². The van der Waals surface area contributed by atoms with E-state index in [2.05, 4.69) is 19.9 Å². The number of aldehydes is 1. The predicted molar refractivity (Wildman–Crippen MR) is 148 cm³/mol. The highest BCUT2D eigenvalue weighted by Gasteiger charge is 2.29. The molecule has 0 bridgehead atoms. The van der Waals surface area contributed by atoms with Gasteiger partial charge in [-0.1, -0.05) is 6.07 Å². The number of ether oxygens (including phenoxy) is 2. The zero-order chi connectivity index (χ0) is 28.3. The Hall–Kier alpha value is -3.74. The first-order chi connectivity index (χ1) is 19.2. The molecule has 12 heteroatoms. The molecule has 1 fully saturated rings. The number of aromatic nitrogens is 3. The number of nitrogens with zero attached hydrogens (tertiary/aromatic N) is 4. The minimum absolute atomic E-state index is 0.107. The lowest BCUT2D eigenvalue weighted by molar-refractivity contribution is -0.113. The van der Waals surface area contributed by atoms with Gasteiger partial charge in [-0.3, -0.25) is 9.88 Å². The van der Waals surface area contributed by atoms with Crippen LogP contribution in [0.1, 0.15) is 29.3 Å². The molecule has 3 aromatic heterocycles. The van der Waals surface area contributed by atoms with Crippen LogP contribution in [0.25, 0.3) is 10.6 Å². The number of likely N-dealkylation sites (tertiary alicyclic amines) is 1. The van der Waals surface area contributed by atoms with Crippen molar-refractivity contribution in [2.45, 2.75) is 36.8 Å². The molecule has 1 unspecified atom stereocenters. The van der Waals surface area contributed by atoms with Gasteiger partial charge in [0, 0.05) is 30.4 Å². The van der Waals surface area contributed by atoms with E-state index >= 15 is 0 Å². The van der Waals surface area contributed by atoms with E-state index in [1.54, 1.807) is 24.5 Å². The highest BCUT2D eigenvalue weighted by atomic mass is 32.2. The summed E-state index contributed by atoms with van der Waals surface area (Å²) in [5.41, 5.74) is 1.37. The third-order valence-electron chi connectivity index (χ3n) is 6.64. The molecule has 1 saturated heterocycles. The van der Waals surface area contributed by atoms with E-state index in [-0.39, 0.29) is 28.7 Å². The number of piperidine rings is 1. The number of benzene rings is 1. The Morgan fingerprint density at radius 1 is 1.07 bits per heavy atom. The molecule has 4 aromatic rings. The van der Waals surface area contributed by atoms with E-state index in [1.807, 2.05) is 30.3 Å². The lowest BCUT2D eigenvalue weighted by Crippen LogP contribution is -2.40. The largest absolute Gasteiger partial charge is 0.474 e. The summed E-state index contributed by atoms with van der Waals surface area (Å²) in [5.74, 6) is -0.552. The Morgan fingerprint density at radius 3 is 2.52 bits per heavy atom. The summed E-state index contributed by atoms with van der Waals surface area (Å²) >= 11 is 1.57. The number of sulfone groups is 1. The number of thiophene rings is 1. The molecule has 208 valence electrons. The minimum Gasteiger partial charge on any atom is -0.474 e. The van der Waals surface area contributed by atoms with E-state index in [9.17, 15) is 17.6 Å². The van der Waals surface area contributed by atoms with Gasteiger partial charge in [-0.25, -0.2) is 22.8 Å². The van der Waals surface area contributed by atoms with Crippen LogP contribution in [-0.2, 0) is 14.6 Å². The number of carbonyl (C=O) groups excluding carboxylic acids is 1. The van der Waals surface area contributed by atoms with E-state index in [1.165, 1.54) is 18.5 Å². The molecule has 1 aromatic carbocycles. The second kappa shape index (κ2) is 11.8. The molecule has 0 amide bonds. The SMILES string of the molecule is Cc1c(Oc2ccc(S(C)(=O)=O)cc2F)ncnc1OC1CCN(C(C=O)c2ccc(-c3ccccn3)s2)CC1. The standard InChI is InChI=1S/C28H27FN4O5S2/c1-18-27(31-17-32-28(18)38-24-7-6-20(15-21(24)29)40(2,35)36)37-19-10-13-33(14-11-19)23(16-34)26-9-8-25(39-26)22-5-3-4-12-30-22/h3-9,12,15-17,19,23H,10-11,13-14H2,1-2H3. The lowest BCUT2D eigenvalue weighted by Gasteiger charge is -2.34. The van der Waals surface area contributed by atoms with Crippen LogP contribution in [0.2, 0.25) is 0 Å².